The number of urea groups is 1. The van der Waals surface area contributed by atoms with Crippen LogP contribution >= 0.6 is 11.3 Å². The van der Waals surface area contributed by atoms with E-state index in [-0.39, 0.29) is 11.7 Å². The van der Waals surface area contributed by atoms with Gasteiger partial charge in [0.15, 0.2) is 0 Å². The fraction of sp³-hybridized carbons (Fsp3) is 0.450. The van der Waals surface area contributed by atoms with Crippen LogP contribution < -0.4 is 10.6 Å². The molecular formula is C20H23F2N3OS. The van der Waals surface area contributed by atoms with Crippen LogP contribution in [-0.4, -0.2) is 29.1 Å². The number of nitrogens with zero attached hydrogens (tertiary/aromatic N) is 1. The molecule has 7 heteroatoms. The van der Waals surface area contributed by atoms with Crippen molar-refractivity contribution < 1.29 is 13.6 Å². The molecule has 0 radical (unpaired) electrons. The van der Waals surface area contributed by atoms with Gasteiger partial charge in [0.2, 0.25) is 0 Å². The van der Waals surface area contributed by atoms with Gasteiger partial charge in [0.25, 0.3) is 0 Å². The van der Waals surface area contributed by atoms with Crippen molar-refractivity contribution in [1.82, 2.24) is 10.2 Å². The third-order valence-corrected chi connectivity index (χ3v) is 6.42. The second-order valence-corrected chi connectivity index (χ2v) is 8.41. The molecule has 2 unspecified atom stereocenters. The number of anilines is 1. The van der Waals surface area contributed by atoms with E-state index >= 15 is 0 Å². The van der Waals surface area contributed by atoms with Gasteiger partial charge < -0.3 is 10.6 Å². The van der Waals surface area contributed by atoms with Crippen LogP contribution in [0.15, 0.2) is 35.7 Å². The highest BCUT2D eigenvalue weighted by molar-refractivity contribution is 7.09. The van der Waals surface area contributed by atoms with Crippen molar-refractivity contribution in [2.24, 2.45) is 0 Å². The summed E-state index contributed by atoms with van der Waals surface area (Å²) in [6.07, 6.45) is 5.33. The third kappa shape index (κ3) is 4.30. The van der Waals surface area contributed by atoms with E-state index in [4.69, 9.17) is 0 Å². The van der Waals surface area contributed by atoms with Crippen molar-refractivity contribution in [1.29, 1.82) is 0 Å². The van der Waals surface area contributed by atoms with Crippen molar-refractivity contribution >= 4 is 23.1 Å². The molecule has 2 bridgehead atoms. The predicted octanol–water partition coefficient (Wildman–Crippen LogP) is 4.73. The lowest BCUT2D eigenvalue weighted by Crippen LogP contribution is -2.56. The molecule has 3 heterocycles. The minimum Gasteiger partial charge on any atom is -0.335 e. The molecule has 2 aliphatic rings. The van der Waals surface area contributed by atoms with Gasteiger partial charge in [-0.05, 0) is 49.3 Å². The number of fused-ring (bicyclic) bond motifs is 2. The van der Waals surface area contributed by atoms with E-state index in [0.717, 1.165) is 44.4 Å². The van der Waals surface area contributed by atoms with Crippen LogP contribution in [-0.2, 0) is 6.54 Å². The first-order chi connectivity index (χ1) is 13.1. The highest BCUT2D eigenvalue weighted by Gasteiger charge is 2.38. The molecule has 0 aliphatic carbocycles. The highest BCUT2D eigenvalue weighted by atomic mass is 32.1. The van der Waals surface area contributed by atoms with E-state index < -0.39 is 17.7 Å². The Bertz CT molecular complexity index is 785. The maximum absolute atomic E-state index is 13.7. The fourth-order valence-electron chi connectivity index (χ4n) is 4.37. The number of halogens is 2. The smallest absolute Gasteiger partial charge is 0.319 e. The minimum absolute atomic E-state index is 0.00998. The van der Waals surface area contributed by atoms with Crippen molar-refractivity contribution in [2.45, 2.75) is 56.8 Å². The number of piperidine rings is 2. The van der Waals surface area contributed by atoms with Gasteiger partial charge in [-0.25, -0.2) is 13.6 Å². The van der Waals surface area contributed by atoms with Crippen molar-refractivity contribution in [3.63, 3.8) is 0 Å². The summed E-state index contributed by atoms with van der Waals surface area (Å²) in [5.41, 5.74) is -0.00998. The van der Waals surface area contributed by atoms with Gasteiger partial charge >= 0.3 is 6.03 Å². The summed E-state index contributed by atoms with van der Waals surface area (Å²) < 4.78 is 26.7. The van der Waals surface area contributed by atoms with Gasteiger partial charge in [0, 0.05) is 35.6 Å². The van der Waals surface area contributed by atoms with E-state index in [0.29, 0.717) is 12.1 Å². The fourth-order valence-corrected chi connectivity index (χ4v) is 5.08. The molecule has 1 aromatic heterocycles. The summed E-state index contributed by atoms with van der Waals surface area (Å²) in [6, 6.07) is 7.97. The van der Waals surface area contributed by atoms with E-state index in [9.17, 15) is 13.6 Å². The van der Waals surface area contributed by atoms with E-state index in [2.05, 4.69) is 33.0 Å². The van der Waals surface area contributed by atoms with E-state index in [1.165, 1.54) is 17.4 Å². The Kier molecular flexibility index (Phi) is 5.41. The number of nitrogens with one attached hydrogen (secondary N) is 2. The lowest BCUT2D eigenvalue weighted by atomic mass is 9.81. The molecule has 0 spiro atoms. The van der Waals surface area contributed by atoms with Gasteiger partial charge in [-0.1, -0.05) is 12.5 Å². The Morgan fingerprint density at radius 1 is 1.19 bits per heavy atom. The molecule has 27 heavy (non-hydrogen) atoms. The quantitative estimate of drug-likeness (QED) is 0.791. The molecular weight excluding hydrogens is 368 g/mol. The molecule has 2 aromatic rings. The Labute approximate surface area is 161 Å². The molecule has 144 valence electrons. The zero-order chi connectivity index (χ0) is 18.8. The Morgan fingerprint density at radius 3 is 2.63 bits per heavy atom. The summed E-state index contributed by atoms with van der Waals surface area (Å²) in [5.74, 6) is -1.43. The Hall–Kier alpha value is -1.99. The molecule has 4 rings (SSSR count). The molecule has 0 saturated carbocycles. The summed E-state index contributed by atoms with van der Waals surface area (Å²) in [4.78, 5) is 16.2. The summed E-state index contributed by atoms with van der Waals surface area (Å²) in [5, 5.41) is 7.59. The number of benzene rings is 1. The number of amides is 2. The van der Waals surface area contributed by atoms with Crippen LogP contribution in [0.2, 0.25) is 0 Å². The molecule has 2 saturated heterocycles. The average molecular weight is 391 g/mol. The molecule has 1 aromatic carbocycles. The van der Waals surface area contributed by atoms with Crippen LogP contribution in [0.5, 0.6) is 0 Å². The van der Waals surface area contributed by atoms with Crippen LogP contribution in [0.25, 0.3) is 0 Å². The molecule has 4 nitrogen and oxygen atoms in total. The maximum atomic E-state index is 13.7. The third-order valence-electron chi connectivity index (χ3n) is 5.56. The standard InChI is InChI=1S/C20H23F2N3OS/c21-13-6-7-19(18(22)9-13)24-20(26)23-14-10-15-3-1-4-16(11-14)25(15)12-17-5-2-8-27-17/h2,5-9,14-16H,1,3-4,10-12H2,(H2,23,24,26). The van der Waals surface area contributed by atoms with Gasteiger partial charge in [-0.15, -0.1) is 11.3 Å². The van der Waals surface area contributed by atoms with Crippen LogP contribution in [0.3, 0.4) is 0 Å². The van der Waals surface area contributed by atoms with Crippen LogP contribution in [0.1, 0.15) is 37.0 Å². The number of thiophene rings is 1. The minimum atomic E-state index is -0.771. The van der Waals surface area contributed by atoms with Gasteiger partial charge in [0.1, 0.15) is 11.6 Å². The molecule has 2 aliphatic heterocycles. The van der Waals surface area contributed by atoms with Crippen molar-refractivity contribution in [3.8, 4) is 0 Å². The Balaban J connectivity index is 1.36. The first-order valence-corrected chi connectivity index (χ1v) is 10.3. The molecule has 2 atom stereocenters. The van der Waals surface area contributed by atoms with Gasteiger partial charge in [0.05, 0.1) is 5.69 Å². The topological polar surface area (TPSA) is 44.4 Å². The van der Waals surface area contributed by atoms with Gasteiger partial charge in [-0.3, -0.25) is 4.90 Å². The first kappa shape index (κ1) is 18.4. The second kappa shape index (κ2) is 7.94. The number of carbonyl (C=O) groups is 1. The van der Waals surface area contributed by atoms with Crippen LogP contribution in [0, 0.1) is 11.6 Å². The van der Waals surface area contributed by atoms with Crippen LogP contribution in [0.4, 0.5) is 19.3 Å². The van der Waals surface area contributed by atoms with E-state index in [1.807, 2.05) is 0 Å². The number of rotatable bonds is 4. The zero-order valence-corrected chi connectivity index (χ0v) is 15.8. The molecule has 2 fully saturated rings. The summed E-state index contributed by atoms with van der Waals surface area (Å²) in [6.45, 7) is 0.979. The first-order valence-electron chi connectivity index (χ1n) is 9.39. The number of hydrogen-bond donors (Lipinski definition) is 2. The van der Waals surface area contributed by atoms with Crippen molar-refractivity contribution in [3.05, 3.63) is 52.2 Å². The normalized spacial score (nSPS) is 25.2. The second-order valence-electron chi connectivity index (χ2n) is 7.38. The molecule has 2 N–H and O–H groups in total. The monoisotopic (exact) mass is 391 g/mol. The summed E-state index contributed by atoms with van der Waals surface area (Å²) >= 11 is 1.79. The predicted molar refractivity (Wildman–Crippen MR) is 103 cm³/mol. The SMILES string of the molecule is O=C(Nc1ccc(F)cc1F)NC1CC2CCCC(C1)N2Cc1cccs1. The van der Waals surface area contributed by atoms with Crippen molar-refractivity contribution in [2.75, 3.05) is 5.32 Å². The number of carbonyl (C=O) groups excluding carboxylic acids is 1. The largest absolute Gasteiger partial charge is 0.335 e. The number of hydrogen-bond acceptors (Lipinski definition) is 3. The Morgan fingerprint density at radius 2 is 1.96 bits per heavy atom. The average Bonchev–Trinajstić information content (AvgIpc) is 3.11. The van der Waals surface area contributed by atoms with E-state index in [1.54, 1.807) is 11.3 Å². The zero-order valence-electron chi connectivity index (χ0n) is 15.0. The lowest BCUT2D eigenvalue weighted by molar-refractivity contribution is 0.0208. The maximum Gasteiger partial charge on any atom is 0.319 e. The highest BCUT2D eigenvalue weighted by Crippen LogP contribution is 2.35. The molecule has 2 amide bonds. The van der Waals surface area contributed by atoms with Gasteiger partial charge in [-0.2, -0.15) is 0 Å². The lowest BCUT2D eigenvalue weighted by Gasteiger charge is -2.48. The summed E-state index contributed by atoms with van der Waals surface area (Å²) in [7, 11) is 0.